The molecule has 3 aromatic rings. The molecule has 2 heterocycles. The van der Waals surface area contributed by atoms with Crippen molar-refractivity contribution >= 4 is 26.7 Å². The van der Waals surface area contributed by atoms with E-state index in [1.165, 1.54) is 4.68 Å². The zero-order valence-corrected chi connectivity index (χ0v) is 20.9. The molecule has 0 atom stereocenters. The van der Waals surface area contributed by atoms with Gasteiger partial charge < -0.3 is 5.32 Å². The van der Waals surface area contributed by atoms with Crippen molar-refractivity contribution in [2.75, 3.05) is 13.1 Å². The molecule has 0 bridgehead atoms. The fraction of sp³-hybridized carbons (Fsp3) is 0.423. The first-order valence-electron chi connectivity index (χ1n) is 12.3. The molecule has 1 aromatic heterocycles. The van der Waals surface area contributed by atoms with Crippen LogP contribution < -0.4 is 10.9 Å². The molecular formula is C26H32N4O4S. The maximum atomic E-state index is 13.1. The molecule has 0 aliphatic carbocycles. The third-order valence-corrected chi connectivity index (χ3v) is 8.30. The Morgan fingerprint density at radius 3 is 2.34 bits per heavy atom. The maximum absolute atomic E-state index is 13.1. The van der Waals surface area contributed by atoms with Gasteiger partial charge in [0.05, 0.1) is 10.3 Å². The number of nitrogens with one attached hydrogen (secondary N) is 1. The van der Waals surface area contributed by atoms with Crippen molar-refractivity contribution in [2.24, 2.45) is 0 Å². The van der Waals surface area contributed by atoms with Gasteiger partial charge >= 0.3 is 0 Å². The van der Waals surface area contributed by atoms with Gasteiger partial charge in [-0.2, -0.15) is 9.40 Å². The maximum Gasteiger partial charge on any atom is 0.274 e. The first kappa shape index (κ1) is 25.1. The fourth-order valence-corrected chi connectivity index (χ4v) is 5.88. The van der Waals surface area contributed by atoms with Crippen LogP contribution in [0.2, 0.25) is 0 Å². The second-order valence-electron chi connectivity index (χ2n) is 8.92. The number of amides is 1. The molecular weight excluding hydrogens is 464 g/mol. The van der Waals surface area contributed by atoms with Gasteiger partial charge in [0, 0.05) is 31.6 Å². The lowest BCUT2D eigenvalue weighted by Crippen LogP contribution is -2.35. The van der Waals surface area contributed by atoms with Gasteiger partial charge in [0.2, 0.25) is 10.0 Å². The van der Waals surface area contributed by atoms with Crippen LogP contribution in [-0.2, 0) is 23.1 Å². The van der Waals surface area contributed by atoms with E-state index in [4.69, 9.17) is 0 Å². The number of aromatic nitrogens is 2. The number of carbonyl (C=O) groups is 1. The van der Waals surface area contributed by atoms with Crippen LogP contribution in [0.4, 0.5) is 0 Å². The highest BCUT2D eigenvalue weighted by molar-refractivity contribution is 7.89. The number of fused-ring (bicyclic) bond motifs is 1. The van der Waals surface area contributed by atoms with Gasteiger partial charge in [0.15, 0.2) is 5.69 Å². The molecule has 1 fully saturated rings. The summed E-state index contributed by atoms with van der Waals surface area (Å²) in [7, 11) is -3.49. The molecule has 1 aliphatic rings. The summed E-state index contributed by atoms with van der Waals surface area (Å²) in [6.45, 7) is 3.88. The summed E-state index contributed by atoms with van der Waals surface area (Å²) in [6, 6.07) is 13.6. The minimum absolute atomic E-state index is 0.196. The van der Waals surface area contributed by atoms with Crippen molar-refractivity contribution in [3.63, 3.8) is 0 Å². The predicted molar refractivity (Wildman–Crippen MR) is 136 cm³/mol. The van der Waals surface area contributed by atoms with E-state index in [1.807, 2.05) is 0 Å². The average Bonchev–Trinajstić information content (AvgIpc) is 2.89. The van der Waals surface area contributed by atoms with E-state index in [-0.39, 0.29) is 28.6 Å². The van der Waals surface area contributed by atoms with Crippen LogP contribution >= 0.6 is 0 Å². The van der Waals surface area contributed by atoms with Gasteiger partial charge in [-0.1, -0.05) is 56.5 Å². The van der Waals surface area contributed by atoms with E-state index < -0.39 is 10.0 Å². The Labute approximate surface area is 206 Å². The van der Waals surface area contributed by atoms with E-state index >= 15 is 0 Å². The molecule has 0 unspecified atom stereocenters. The van der Waals surface area contributed by atoms with E-state index in [2.05, 4.69) is 17.3 Å². The highest BCUT2D eigenvalue weighted by Crippen LogP contribution is 2.21. The smallest absolute Gasteiger partial charge is 0.274 e. The Morgan fingerprint density at radius 1 is 0.971 bits per heavy atom. The lowest BCUT2D eigenvalue weighted by atomic mass is 10.1. The Bertz CT molecular complexity index is 1340. The zero-order chi connectivity index (χ0) is 24.8. The van der Waals surface area contributed by atoms with Crippen LogP contribution in [0, 0.1) is 0 Å². The van der Waals surface area contributed by atoms with Crippen molar-refractivity contribution in [1.82, 2.24) is 19.4 Å². The van der Waals surface area contributed by atoms with Crippen molar-refractivity contribution in [3.8, 4) is 0 Å². The molecule has 1 saturated heterocycles. The van der Waals surface area contributed by atoms with Crippen LogP contribution in [0.3, 0.4) is 0 Å². The van der Waals surface area contributed by atoms with Gasteiger partial charge in [-0.3, -0.25) is 9.59 Å². The van der Waals surface area contributed by atoms with E-state index in [9.17, 15) is 18.0 Å². The molecule has 4 rings (SSSR count). The predicted octanol–water partition coefficient (Wildman–Crippen LogP) is 3.69. The van der Waals surface area contributed by atoms with Crippen LogP contribution in [0.1, 0.15) is 61.5 Å². The molecule has 186 valence electrons. The number of benzene rings is 2. The zero-order valence-electron chi connectivity index (χ0n) is 20.1. The third kappa shape index (κ3) is 5.62. The lowest BCUT2D eigenvalue weighted by Gasteiger charge is -2.25. The van der Waals surface area contributed by atoms with Crippen LogP contribution in [0.15, 0.2) is 58.2 Å². The Morgan fingerprint density at radius 2 is 1.66 bits per heavy atom. The van der Waals surface area contributed by atoms with Crippen LogP contribution in [-0.4, -0.2) is 41.5 Å². The topological polar surface area (TPSA) is 101 Å². The number of hydrogen-bond acceptors (Lipinski definition) is 5. The molecule has 8 nitrogen and oxygen atoms in total. The number of unbranched alkanes of at least 4 members (excludes halogenated alkanes) is 2. The number of rotatable bonds is 9. The molecule has 0 spiro atoms. The highest BCUT2D eigenvalue weighted by Gasteiger charge is 2.25. The summed E-state index contributed by atoms with van der Waals surface area (Å²) in [5, 5.41) is 8.24. The molecule has 1 amide bonds. The SMILES string of the molecule is CCCCCn1nc(C(=O)NCc2ccc(S(=O)(=O)N3CCCCC3)cc2)c2ccccc2c1=O. The standard InChI is InChI=1S/C26H32N4O4S/c1-2-3-7-18-30-26(32)23-11-6-5-10-22(23)24(28-30)25(31)27-19-20-12-14-21(15-13-20)35(33,34)29-16-8-4-9-17-29/h5-6,10-15H,2-4,7-9,16-19H2,1H3,(H,27,31). The number of carbonyl (C=O) groups excluding carboxylic acids is 1. The minimum Gasteiger partial charge on any atom is -0.347 e. The average molecular weight is 497 g/mol. The van der Waals surface area contributed by atoms with Crippen LogP contribution in [0.5, 0.6) is 0 Å². The quantitative estimate of drug-likeness (QED) is 0.455. The Balaban J connectivity index is 1.50. The monoisotopic (exact) mass is 496 g/mol. The van der Waals surface area contributed by atoms with E-state index in [0.717, 1.165) is 44.1 Å². The largest absolute Gasteiger partial charge is 0.347 e. The summed E-state index contributed by atoms with van der Waals surface area (Å²) in [6.07, 6.45) is 5.65. The van der Waals surface area contributed by atoms with Gasteiger partial charge in [-0.25, -0.2) is 13.1 Å². The molecule has 35 heavy (non-hydrogen) atoms. The van der Waals surface area contributed by atoms with Crippen molar-refractivity contribution in [3.05, 3.63) is 70.1 Å². The van der Waals surface area contributed by atoms with Gasteiger partial charge in [-0.15, -0.1) is 0 Å². The van der Waals surface area contributed by atoms with E-state index in [1.54, 1.807) is 52.8 Å². The van der Waals surface area contributed by atoms with Gasteiger partial charge in [-0.05, 0) is 43.0 Å². The number of aryl methyl sites for hydroxylation is 1. The first-order chi connectivity index (χ1) is 16.9. The summed E-state index contributed by atoms with van der Waals surface area (Å²) in [5.74, 6) is -0.379. The van der Waals surface area contributed by atoms with E-state index in [0.29, 0.717) is 30.4 Å². The molecule has 9 heteroatoms. The summed E-state index contributed by atoms with van der Waals surface area (Å²) in [5.41, 5.74) is 0.788. The van der Waals surface area contributed by atoms with Crippen LogP contribution in [0.25, 0.3) is 10.8 Å². The lowest BCUT2D eigenvalue weighted by molar-refractivity contribution is 0.0945. The van der Waals surface area contributed by atoms with Crippen molar-refractivity contribution in [2.45, 2.75) is 63.4 Å². The van der Waals surface area contributed by atoms with Gasteiger partial charge in [0.1, 0.15) is 0 Å². The molecule has 0 radical (unpaired) electrons. The molecule has 1 aliphatic heterocycles. The Kier molecular flexibility index (Phi) is 7.97. The number of sulfonamides is 1. The third-order valence-electron chi connectivity index (χ3n) is 6.39. The summed E-state index contributed by atoms with van der Waals surface area (Å²) in [4.78, 5) is 26.2. The van der Waals surface area contributed by atoms with Crippen molar-refractivity contribution in [1.29, 1.82) is 0 Å². The van der Waals surface area contributed by atoms with Gasteiger partial charge in [0.25, 0.3) is 11.5 Å². The number of piperidine rings is 1. The first-order valence-corrected chi connectivity index (χ1v) is 13.7. The second-order valence-corrected chi connectivity index (χ2v) is 10.9. The second kappa shape index (κ2) is 11.1. The normalized spacial score (nSPS) is 14.8. The number of hydrogen-bond donors (Lipinski definition) is 1. The minimum atomic E-state index is -3.49. The van der Waals surface area contributed by atoms with Crippen molar-refractivity contribution < 1.29 is 13.2 Å². The summed E-state index contributed by atoms with van der Waals surface area (Å²) >= 11 is 0. The highest BCUT2D eigenvalue weighted by atomic mass is 32.2. The summed E-state index contributed by atoms with van der Waals surface area (Å²) < 4.78 is 28.6. The number of nitrogens with zero attached hydrogens (tertiary/aromatic N) is 3. The fourth-order valence-electron chi connectivity index (χ4n) is 4.37. The molecule has 2 aromatic carbocycles. The molecule has 0 saturated carbocycles. The molecule has 1 N–H and O–H groups in total. The Hall–Kier alpha value is -3.04.